The fourth-order valence-corrected chi connectivity index (χ4v) is 2.65. The highest BCUT2D eigenvalue weighted by molar-refractivity contribution is 4.71. The molecule has 1 saturated heterocycles. The molecule has 2 nitrogen and oxygen atoms in total. The highest BCUT2D eigenvalue weighted by Gasteiger charge is 2.25. The van der Waals surface area contributed by atoms with Gasteiger partial charge in [0.15, 0.2) is 0 Å². The third-order valence-electron chi connectivity index (χ3n) is 4.19. The summed E-state index contributed by atoms with van der Waals surface area (Å²) in [5, 5.41) is 0. The predicted octanol–water partition coefficient (Wildman–Crippen LogP) is 4.96. The maximum absolute atomic E-state index is 6.10. The molecule has 0 saturated carbocycles. The molecule has 0 aliphatic carbocycles. The van der Waals surface area contributed by atoms with E-state index in [1.165, 1.54) is 57.8 Å². The minimum Gasteiger partial charge on any atom is -0.375 e. The van der Waals surface area contributed by atoms with E-state index in [1.807, 2.05) is 0 Å². The number of hydrogen-bond donors (Lipinski definition) is 0. The van der Waals surface area contributed by atoms with Crippen LogP contribution in [0, 0.1) is 5.92 Å². The zero-order valence-corrected chi connectivity index (χ0v) is 13.3. The van der Waals surface area contributed by atoms with Gasteiger partial charge in [-0.3, -0.25) is 0 Å². The molecule has 0 bridgehead atoms. The first-order valence-electron chi connectivity index (χ1n) is 8.53. The summed E-state index contributed by atoms with van der Waals surface area (Å²) in [5.74, 6) is 0.853. The lowest BCUT2D eigenvalue weighted by Gasteiger charge is -2.23. The Hall–Kier alpha value is -0.0800. The highest BCUT2D eigenvalue weighted by atomic mass is 16.6. The minimum absolute atomic E-state index is 0.407. The molecule has 1 heterocycles. The quantitative estimate of drug-likeness (QED) is 0.348. The van der Waals surface area contributed by atoms with Crippen molar-refractivity contribution in [1.82, 2.24) is 0 Å². The van der Waals surface area contributed by atoms with E-state index in [-0.39, 0.29) is 0 Å². The van der Waals surface area contributed by atoms with Gasteiger partial charge in [0.1, 0.15) is 6.10 Å². The molecule has 0 aromatic heterocycles. The normalized spacial score (nSPS) is 21.3. The van der Waals surface area contributed by atoms with Crippen LogP contribution in [0.5, 0.6) is 0 Å². The predicted molar refractivity (Wildman–Crippen MR) is 81.5 cm³/mol. The molecule has 114 valence electrons. The second-order valence-electron chi connectivity index (χ2n) is 6.06. The number of epoxide rings is 1. The Morgan fingerprint density at radius 3 is 2.37 bits per heavy atom. The van der Waals surface area contributed by atoms with Crippen LogP contribution < -0.4 is 0 Å². The van der Waals surface area contributed by atoms with E-state index in [4.69, 9.17) is 9.47 Å². The van der Waals surface area contributed by atoms with E-state index in [0.717, 1.165) is 19.1 Å². The van der Waals surface area contributed by atoms with Crippen LogP contribution in [0.4, 0.5) is 0 Å². The van der Waals surface area contributed by atoms with Crippen molar-refractivity contribution in [2.45, 2.75) is 90.8 Å². The molecule has 0 spiro atoms. The van der Waals surface area contributed by atoms with Crippen LogP contribution in [0.2, 0.25) is 0 Å². The third-order valence-corrected chi connectivity index (χ3v) is 4.19. The molecule has 0 aromatic carbocycles. The Balaban J connectivity index is 2.26. The largest absolute Gasteiger partial charge is 0.375 e. The van der Waals surface area contributed by atoms with Gasteiger partial charge < -0.3 is 9.47 Å². The van der Waals surface area contributed by atoms with Crippen LogP contribution in [0.15, 0.2) is 0 Å². The monoisotopic (exact) mass is 270 g/mol. The second-order valence-corrected chi connectivity index (χ2v) is 6.06. The Labute approximate surface area is 120 Å². The third kappa shape index (κ3) is 8.65. The summed E-state index contributed by atoms with van der Waals surface area (Å²) in [6.45, 7) is 8.61. The number of ether oxygens (including phenoxy) is 2. The average Bonchev–Trinajstić information content (AvgIpc) is 3.24. The topological polar surface area (TPSA) is 21.8 Å². The number of hydrogen-bond acceptors (Lipinski definition) is 2. The summed E-state index contributed by atoms with van der Waals surface area (Å²) in [5.41, 5.74) is 0. The fraction of sp³-hybridized carbons (Fsp3) is 1.00. The smallest absolute Gasteiger partial charge is 0.104 e. The molecule has 1 rings (SSSR count). The van der Waals surface area contributed by atoms with Gasteiger partial charge >= 0.3 is 0 Å². The van der Waals surface area contributed by atoms with E-state index >= 15 is 0 Å². The summed E-state index contributed by atoms with van der Waals surface area (Å²) >= 11 is 0. The Kier molecular flexibility index (Phi) is 9.54. The molecular weight excluding hydrogens is 236 g/mol. The van der Waals surface area contributed by atoms with Gasteiger partial charge in [0, 0.05) is 0 Å². The van der Waals surface area contributed by atoms with Crippen LogP contribution in [0.3, 0.4) is 0 Å². The molecule has 0 amide bonds. The molecule has 0 N–H and O–H groups in total. The van der Waals surface area contributed by atoms with Crippen molar-refractivity contribution >= 4 is 0 Å². The summed E-state index contributed by atoms with van der Waals surface area (Å²) in [4.78, 5) is 0. The van der Waals surface area contributed by atoms with Crippen molar-refractivity contribution in [1.29, 1.82) is 0 Å². The molecule has 3 atom stereocenters. The average molecular weight is 270 g/mol. The van der Waals surface area contributed by atoms with Crippen LogP contribution in [-0.2, 0) is 9.47 Å². The number of rotatable bonds is 13. The van der Waals surface area contributed by atoms with Crippen LogP contribution in [0.25, 0.3) is 0 Å². The highest BCUT2D eigenvalue weighted by Crippen LogP contribution is 2.24. The first-order chi connectivity index (χ1) is 9.30. The van der Waals surface area contributed by atoms with Crippen molar-refractivity contribution in [3.63, 3.8) is 0 Å². The fourth-order valence-electron chi connectivity index (χ4n) is 2.65. The van der Waals surface area contributed by atoms with Crippen molar-refractivity contribution in [2.75, 3.05) is 13.2 Å². The maximum atomic E-state index is 6.10. The summed E-state index contributed by atoms with van der Waals surface area (Å²) in [6.07, 6.45) is 12.7. The molecule has 19 heavy (non-hydrogen) atoms. The van der Waals surface area contributed by atoms with Gasteiger partial charge in [-0.05, 0) is 18.8 Å². The molecule has 0 radical (unpaired) electrons. The number of unbranched alkanes of at least 4 members (excludes halogenated alkanes) is 3. The van der Waals surface area contributed by atoms with E-state index in [9.17, 15) is 0 Å². The Bertz CT molecular complexity index is 201. The SMILES string of the molecule is CCCCCC(CC(CC)CCCC)OCC1CO1. The second kappa shape index (κ2) is 10.7. The first kappa shape index (κ1) is 17.0. The van der Waals surface area contributed by atoms with E-state index < -0.39 is 0 Å². The van der Waals surface area contributed by atoms with Gasteiger partial charge in [0.25, 0.3) is 0 Å². The molecule has 1 aliphatic heterocycles. The molecule has 0 aromatic rings. The van der Waals surface area contributed by atoms with Gasteiger partial charge in [-0.25, -0.2) is 0 Å². The van der Waals surface area contributed by atoms with Crippen molar-refractivity contribution in [3.05, 3.63) is 0 Å². The van der Waals surface area contributed by atoms with Crippen molar-refractivity contribution < 1.29 is 9.47 Å². The van der Waals surface area contributed by atoms with E-state index in [1.54, 1.807) is 0 Å². The Morgan fingerprint density at radius 2 is 1.79 bits per heavy atom. The van der Waals surface area contributed by atoms with Gasteiger partial charge in [0.05, 0.1) is 19.3 Å². The maximum Gasteiger partial charge on any atom is 0.104 e. The van der Waals surface area contributed by atoms with Crippen molar-refractivity contribution in [2.24, 2.45) is 5.92 Å². The van der Waals surface area contributed by atoms with Gasteiger partial charge in [-0.1, -0.05) is 65.7 Å². The van der Waals surface area contributed by atoms with Crippen LogP contribution >= 0.6 is 0 Å². The first-order valence-corrected chi connectivity index (χ1v) is 8.53. The lowest BCUT2D eigenvalue weighted by molar-refractivity contribution is 0.0188. The van der Waals surface area contributed by atoms with Crippen LogP contribution in [0.1, 0.15) is 78.6 Å². The zero-order chi connectivity index (χ0) is 13.9. The molecule has 1 aliphatic rings. The van der Waals surface area contributed by atoms with E-state index in [0.29, 0.717) is 12.2 Å². The molecular formula is C17H34O2. The standard InChI is InChI=1S/C17H34O2/c1-4-7-9-11-16(18-13-17-14-19-17)12-15(6-3)10-8-5-2/h15-17H,4-14H2,1-3H3. The zero-order valence-electron chi connectivity index (χ0n) is 13.3. The molecule has 3 unspecified atom stereocenters. The lowest BCUT2D eigenvalue weighted by Crippen LogP contribution is -2.20. The summed E-state index contributed by atoms with van der Waals surface area (Å²) < 4.78 is 11.4. The van der Waals surface area contributed by atoms with Crippen molar-refractivity contribution in [3.8, 4) is 0 Å². The van der Waals surface area contributed by atoms with Gasteiger partial charge in [-0.15, -0.1) is 0 Å². The summed E-state index contributed by atoms with van der Waals surface area (Å²) in [7, 11) is 0. The van der Waals surface area contributed by atoms with Gasteiger partial charge in [-0.2, -0.15) is 0 Å². The summed E-state index contributed by atoms with van der Waals surface area (Å²) in [6, 6.07) is 0. The minimum atomic E-state index is 0.407. The Morgan fingerprint density at radius 1 is 1.05 bits per heavy atom. The van der Waals surface area contributed by atoms with Gasteiger partial charge in [0.2, 0.25) is 0 Å². The lowest BCUT2D eigenvalue weighted by atomic mass is 9.91. The van der Waals surface area contributed by atoms with E-state index in [2.05, 4.69) is 20.8 Å². The molecule has 1 fully saturated rings. The van der Waals surface area contributed by atoms with Crippen LogP contribution in [-0.4, -0.2) is 25.4 Å². The molecule has 2 heteroatoms.